The molecule has 0 aliphatic carbocycles. The van der Waals surface area contributed by atoms with Gasteiger partial charge in [-0.25, -0.2) is 9.38 Å². The molecule has 3 heterocycles. The highest BCUT2D eigenvalue weighted by molar-refractivity contribution is 5.93. The van der Waals surface area contributed by atoms with Crippen molar-refractivity contribution in [1.29, 1.82) is 0 Å². The summed E-state index contributed by atoms with van der Waals surface area (Å²) in [6.07, 6.45) is 1.78. The molecular weight excluding hydrogens is 317 g/mol. The van der Waals surface area contributed by atoms with Crippen molar-refractivity contribution in [2.24, 2.45) is 10.4 Å². The molecule has 2 atom stereocenters. The number of anilines is 1. The van der Waals surface area contributed by atoms with E-state index in [0.29, 0.717) is 5.90 Å². The summed E-state index contributed by atoms with van der Waals surface area (Å²) in [4.78, 5) is 11.5. The van der Waals surface area contributed by atoms with Gasteiger partial charge in [0.2, 0.25) is 5.90 Å². The molecule has 4 nitrogen and oxygen atoms in total. The van der Waals surface area contributed by atoms with Crippen molar-refractivity contribution in [1.82, 2.24) is 4.98 Å². The molecule has 1 saturated heterocycles. The Bertz CT molecular complexity index is 819. The van der Waals surface area contributed by atoms with E-state index in [9.17, 15) is 4.39 Å². The van der Waals surface area contributed by atoms with Gasteiger partial charge in [0.1, 0.15) is 23.7 Å². The van der Waals surface area contributed by atoms with E-state index in [0.717, 1.165) is 30.0 Å². The zero-order chi connectivity index (χ0) is 17.6. The Morgan fingerprint density at radius 3 is 2.80 bits per heavy atom. The molecule has 1 aromatic carbocycles. The molecule has 25 heavy (non-hydrogen) atoms. The number of aromatic nitrogens is 1. The van der Waals surface area contributed by atoms with Gasteiger partial charge in [0.25, 0.3) is 0 Å². The first-order chi connectivity index (χ1) is 11.9. The number of halogens is 1. The third kappa shape index (κ3) is 2.88. The first kappa shape index (κ1) is 16.1. The van der Waals surface area contributed by atoms with Gasteiger partial charge in [0, 0.05) is 30.4 Å². The minimum atomic E-state index is -0.199. The second kappa shape index (κ2) is 5.83. The Morgan fingerprint density at radius 1 is 1.24 bits per heavy atom. The quantitative estimate of drug-likeness (QED) is 0.839. The number of piperidine rings is 1. The van der Waals surface area contributed by atoms with Crippen molar-refractivity contribution in [3.05, 3.63) is 59.7 Å². The lowest BCUT2D eigenvalue weighted by Crippen LogP contribution is -2.55. The third-order valence-corrected chi connectivity index (χ3v) is 5.03. The highest BCUT2D eigenvalue weighted by atomic mass is 19.1. The van der Waals surface area contributed by atoms with Crippen LogP contribution in [-0.2, 0) is 4.74 Å². The maximum atomic E-state index is 13.5. The van der Waals surface area contributed by atoms with E-state index in [1.54, 1.807) is 12.3 Å². The van der Waals surface area contributed by atoms with Gasteiger partial charge in [-0.2, -0.15) is 0 Å². The van der Waals surface area contributed by atoms with Crippen LogP contribution in [-0.4, -0.2) is 36.1 Å². The van der Waals surface area contributed by atoms with Gasteiger partial charge in [-0.05, 0) is 42.8 Å². The van der Waals surface area contributed by atoms with Crippen LogP contribution in [0.4, 0.5) is 10.1 Å². The molecule has 130 valence electrons. The number of aryl methyl sites for hydroxylation is 1. The summed E-state index contributed by atoms with van der Waals surface area (Å²) in [6, 6.07) is 10.8. The Balaban J connectivity index is 1.65. The largest absolute Gasteiger partial charge is 0.470 e. The summed E-state index contributed by atoms with van der Waals surface area (Å²) >= 11 is 0. The van der Waals surface area contributed by atoms with Crippen LogP contribution < -0.4 is 4.90 Å². The minimum absolute atomic E-state index is 0.0292. The third-order valence-electron chi connectivity index (χ3n) is 5.03. The fraction of sp³-hybridized carbons (Fsp3) is 0.400. The van der Waals surface area contributed by atoms with E-state index in [1.807, 2.05) is 31.2 Å². The molecule has 0 amide bonds. The highest BCUT2D eigenvalue weighted by Gasteiger charge is 2.48. The molecule has 2 aromatic rings. The normalized spacial score (nSPS) is 24.5. The first-order valence-corrected chi connectivity index (χ1v) is 8.61. The summed E-state index contributed by atoms with van der Waals surface area (Å²) in [5, 5.41) is 0. The van der Waals surface area contributed by atoms with E-state index in [2.05, 4.69) is 23.7 Å². The summed E-state index contributed by atoms with van der Waals surface area (Å²) < 4.78 is 19.7. The van der Waals surface area contributed by atoms with Crippen LogP contribution >= 0.6 is 0 Å². The van der Waals surface area contributed by atoms with E-state index in [1.165, 1.54) is 6.07 Å². The molecule has 4 rings (SSSR count). The standard InChI is InChI=1S/C20H22FN3O/c1-13-10-14(21)7-8-17(13)24-11-16-18(20(2,3)12-24)25-19(23-16)15-6-4-5-9-22-15/h4-10,16,18H,11-12H2,1-3H3. The van der Waals surface area contributed by atoms with Gasteiger partial charge in [0.05, 0.1) is 0 Å². The number of hydrogen-bond donors (Lipinski definition) is 0. The summed E-state index contributed by atoms with van der Waals surface area (Å²) in [5.41, 5.74) is 2.71. The van der Waals surface area contributed by atoms with E-state index < -0.39 is 0 Å². The molecule has 5 heteroatoms. The lowest BCUT2D eigenvalue weighted by atomic mass is 9.78. The predicted molar refractivity (Wildman–Crippen MR) is 96.6 cm³/mol. The monoisotopic (exact) mass is 339 g/mol. The van der Waals surface area contributed by atoms with Gasteiger partial charge < -0.3 is 9.64 Å². The summed E-state index contributed by atoms with van der Waals surface area (Å²) in [6.45, 7) is 7.95. The maximum Gasteiger partial charge on any atom is 0.236 e. The van der Waals surface area contributed by atoms with Crippen molar-refractivity contribution in [2.75, 3.05) is 18.0 Å². The zero-order valence-corrected chi connectivity index (χ0v) is 14.7. The number of fused-ring (bicyclic) bond motifs is 1. The van der Waals surface area contributed by atoms with Gasteiger partial charge in [0.15, 0.2) is 0 Å². The smallest absolute Gasteiger partial charge is 0.236 e. The van der Waals surface area contributed by atoms with E-state index in [-0.39, 0.29) is 23.4 Å². The topological polar surface area (TPSA) is 37.7 Å². The molecule has 0 radical (unpaired) electrons. The van der Waals surface area contributed by atoms with E-state index >= 15 is 0 Å². The zero-order valence-electron chi connectivity index (χ0n) is 14.7. The lowest BCUT2D eigenvalue weighted by molar-refractivity contribution is 0.0519. The molecule has 0 spiro atoms. The van der Waals surface area contributed by atoms with Crippen molar-refractivity contribution < 1.29 is 9.13 Å². The fourth-order valence-corrected chi connectivity index (χ4v) is 3.91. The Morgan fingerprint density at radius 2 is 2.08 bits per heavy atom. The number of hydrogen-bond acceptors (Lipinski definition) is 4. The highest BCUT2D eigenvalue weighted by Crippen LogP contribution is 2.39. The van der Waals surface area contributed by atoms with Crippen LogP contribution in [0.25, 0.3) is 0 Å². The second-order valence-electron chi connectivity index (χ2n) is 7.55. The van der Waals surface area contributed by atoms with Gasteiger partial charge in [-0.3, -0.25) is 4.98 Å². The Hall–Kier alpha value is -2.43. The van der Waals surface area contributed by atoms with Crippen molar-refractivity contribution >= 4 is 11.6 Å². The average molecular weight is 339 g/mol. The van der Waals surface area contributed by atoms with Crippen molar-refractivity contribution in [3.8, 4) is 0 Å². The van der Waals surface area contributed by atoms with Crippen LogP contribution in [0.2, 0.25) is 0 Å². The van der Waals surface area contributed by atoms with Gasteiger partial charge >= 0.3 is 0 Å². The Kier molecular flexibility index (Phi) is 3.74. The average Bonchev–Trinajstić information content (AvgIpc) is 3.00. The first-order valence-electron chi connectivity index (χ1n) is 8.61. The number of pyridine rings is 1. The van der Waals surface area contributed by atoms with Gasteiger partial charge in [-0.1, -0.05) is 19.9 Å². The van der Waals surface area contributed by atoms with Crippen LogP contribution in [0, 0.1) is 18.2 Å². The van der Waals surface area contributed by atoms with Crippen molar-refractivity contribution in [3.63, 3.8) is 0 Å². The molecule has 2 unspecified atom stereocenters. The minimum Gasteiger partial charge on any atom is -0.470 e. The molecule has 1 fully saturated rings. The number of rotatable bonds is 2. The van der Waals surface area contributed by atoms with Crippen LogP contribution in [0.5, 0.6) is 0 Å². The lowest BCUT2D eigenvalue weighted by Gasteiger charge is -2.45. The van der Waals surface area contributed by atoms with Crippen LogP contribution in [0.1, 0.15) is 25.1 Å². The molecule has 1 aromatic heterocycles. The Labute approximate surface area is 147 Å². The predicted octanol–water partition coefficient (Wildman–Crippen LogP) is 3.59. The maximum absolute atomic E-state index is 13.5. The number of nitrogens with zero attached hydrogens (tertiary/aromatic N) is 3. The molecule has 2 aliphatic rings. The van der Waals surface area contributed by atoms with Crippen LogP contribution in [0.15, 0.2) is 47.6 Å². The molecule has 0 N–H and O–H groups in total. The van der Waals surface area contributed by atoms with E-state index in [4.69, 9.17) is 9.73 Å². The number of aliphatic imine (C=N–C) groups is 1. The molecule has 2 aliphatic heterocycles. The summed E-state index contributed by atoms with van der Waals surface area (Å²) in [7, 11) is 0. The van der Waals surface area contributed by atoms with Crippen LogP contribution in [0.3, 0.4) is 0 Å². The SMILES string of the molecule is Cc1cc(F)ccc1N1CC2N=C(c3ccccn3)OC2C(C)(C)C1. The fourth-order valence-electron chi connectivity index (χ4n) is 3.91. The molecule has 0 bridgehead atoms. The number of benzene rings is 1. The number of ether oxygens (including phenoxy) is 1. The second-order valence-corrected chi connectivity index (χ2v) is 7.55. The van der Waals surface area contributed by atoms with Crippen molar-refractivity contribution in [2.45, 2.75) is 32.9 Å². The van der Waals surface area contributed by atoms with Gasteiger partial charge in [-0.15, -0.1) is 0 Å². The molecule has 0 saturated carbocycles. The molecular formula is C20H22FN3O. The summed E-state index contributed by atoms with van der Waals surface area (Å²) in [5.74, 6) is 0.427.